The number of piperazine rings is 1. The largest absolute Gasteiger partial charge is 0.336 e. The summed E-state index contributed by atoms with van der Waals surface area (Å²) in [7, 11) is 0. The first-order valence-corrected chi connectivity index (χ1v) is 9.55. The molecule has 1 aliphatic heterocycles. The molecule has 0 aromatic heterocycles. The Hall–Kier alpha value is -2.13. The standard InChI is InChI=1S/C23H30N2O/c1-18(19-8-6-5-7-9-19)24-14-16-25(17-15-24)22(26)20-10-12-21(13-11-20)23(2,3)4/h5-13,18H,14-17H2,1-4H3. The fourth-order valence-electron chi connectivity index (χ4n) is 3.55. The Balaban J connectivity index is 1.60. The highest BCUT2D eigenvalue weighted by atomic mass is 16.2. The number of hydrogen-bond acceptors (Lipinski definition) is 2. The minimum Gasteiger partial charge on any atom is -0.336 e. The van der Waals surface area contributed by atoms with Crippen molar-refractivity contribution in [3.8, 4) is 0 Å². The van der Waals surface area contributed by atoms with E-state index < -0.39 is 0 Å². The van der Waals surface area contributed by atoms with Crippen LogP contribution >= 0.6 is 0 Å². The predicted molar refractivity (Wildman–Crippen MR) is 107 cm³/mol. The lowest BCUT2D eigenvalue weighted by Crippen LogP contribution is -2.49. The van der Waals surface area contributed by atoms with Crippen molar-refractivity contribution in [2.24, 2.45) is 0 Å². The van der Waals surface area contributed by atoms with Crippen molar-refractivity contribution in [2.45, 2.75) is 39.2 Å². The van der Waals surface area contributed by atoms with E-state index >= 15 is 0 Å². The predicted octanol–water partition coefficient (Wildman–Crippen LogP) is 4.50. The smallest absolute Gasteiger partial charge is 0.253 e. The van der Waals surface area contributed by atoms with Gasteiger partial charge in [-0.3, -0.25) is 9.69 Å². The van der Waals surface area contributed by atoms with E-state index in [-0.39, 0.29) is 11.3 Å². The van der Waals surface area contributed by atoms with Gasteiger partial charge in [0.1, 0.15) is 0 Å². The van der Waals surface area contributed by atoms with Gasteiger partial charge in [0, 0.05) is 37.8 Å². The quantitative estimate of drug-likeness (QED) is 0.813. The van der Waals surface area contributed by atoms with Crippen LogP contribution in [0.25, 0.3) is 0 Å². The van der Waals surface area contributed by atoms with E-state index in [0.29, 0.717) is 6.04 Å². The van der Waals surface area contributed by atoms with E-state index in [4.69, 9.17) is 0 Å². The number of hydrogen-bond donors (Lipinski definition) is 0. The Kier molecular flexibility index (Phi) is 5.47. The lowest BCUT2D eigenvalue weighted by atomic mass is 9.86. The van der Waals surface area contributed by atoms with Crippen LogP contribution in [0.5, 0.6) is 0 Å². The van der Waals surface area contributed by atoms with Crippen molar-refractivity contribution in [1.29, 1.82) is 0 Å². The number of carbonyl (C=O) groups is 1. The van der Waals surface area contributed by atoms with Crippen molar-refractivity contribution in [1.82, 2.24) is 9.80 Å². The van der Waals surface area contributed by atoms with E-state index in [2.05, 4.69) is 75.1 Å². The zero-order valence-corrected chi connectivity index (χ0v) is 16.4. The molecule has 0 N–H and O–H groups in total. The Labute approximate surface area is 157 Å². The van der Waals surface area contributed by atoms with Gasteiger partial charge in [0.25, 0.3) is 5.91 Å². The second kappa shape index (κ2) is 7.63. The highest BCUT2D eigenvalue weighted by Crippen LogP contribution is 2.24. The average molecular weight is 351 g/mol. The molecule has 1 atom stereocenters. The SMILES string of the molecule is CC(c1ccccc1)N1CCN(C(=O)c2ccc(C(C)(C)C)cc2)CC1. The van der Waals surface area contributed by atoms with E-state index in [9.17, 15) is 4.79 Å². The molecule has 0 aliphatic carbocycles. The van der Waals surface area contributed by atoms with Crippen LogP contribution in [-0.2, 0) is 5.41 Å². The summed E-state index contributed by atoms with van der Waals surface area (Å²) in [6, 6.07) is 19.1. The minimum absolute atomic E-state index is 0.112. The van der Waals surface area contributed by atoms with Gasteiger partial charge in [-0.2, -0.15) is 0 Å². The number of amides is 1. The van der Waals surface area contributed by atoms with Gasteiger partial charge in [0.2, 0.25) is 0 Å². The van der Waals surface area contributed by atoms with E-state index in [1.807, 2.05) is 17.0 Å². The molecule has 3 rings (SSSR count). The van der Waals surface area contributed by atoms with Crippen LogP contribution in [0.4, 0.5) is 0 Å². The molecule has 3 heteroatoms. The fourth-order valence-corrected chi connectivity index (χ4v) is 3.55. The van der Waals surface area contributed by atoms with Gasteiger partial charge in [0.15, 0.2) is 0 Å². The summed E-state index contributed by atoms with van der Waals surface area (Å²) in [4.78, 5) is 17.3. The molecule has 2 aromatic carbocycles. The molecule has 1 aliphatic rings. The monoisotopic (exact) mass is 350 g/mol. The van der Waals surface area contributed by atoms with Gasteiger partial charge < -0.3 is 4.90 Å². The lowest BCUT2D eigenvalue weighted by Gasteiger charge is -2.38. The number of nitrogens with zero attached hydrogens (tertiary/aromatic N) is 2. The van der Waals surface area contributed by atoms with Crippen LogP contribution in [0, 0.1) is 0 Å². The van der Waals surface area contributed by atoms with Crippen molar-refractivity contribution in [2.75, 3.05) is 26.2 Å². The molecule has 138 valence electrons. The average Bonchev–Trinajstić information content (AvgIpc) is 2.67. The third kappa shape index (κ3) is 4.16. The lowest BCUT2D eigenvalue weighted by molar-refractivity contribution is 0.0582. The molecule has 0 bridgehead atoms. The third-order valence-electron chi connectivity index (χ3n) is 5.43. The molecular weight excluding hydrogens is 320 g/mol. The number of benzene rings is 2. The van der Waals surface area contributed by atoms with E-state index in [0.717, 1.165) is 31.7 Å². The first kappa shape index (κ1) is 18.7. The van der Waals surface area contributed by atoms with Crippen LogP contribution in [-0.4, -0.2) is 41.9 Å². The first-order valence-electron chi connectivity index (χ1n) is 9.55. The molecule has 0 spiro atoms. The summed E-state index contributed by atoms with van der Waals surface area (Å²) in [6.07, 6.45) is 0. The van der Waals surface area contributed by atoms with E-state index in [1.54, 1.807) is 0 Å². The number of carbonyl (C=O) groups excluding carboxylic acids is 1. The highest BCUT2D eigenvalue weighted by Gasteiger charge is 2.25. The molecule has 0 saturated carbocycles. The molecule has 1 fully saturated rings. The summed E-state index contributed by atoms with van der Waals surface area (Å²) in [5.74, 6) is 0.150. The number of rotatable bonds is 3. The highest BCUT2D eigenvalue weighted by molar-refractivity contribution is 5.94. The normalized spacial score (nSPS) is 17.2. The summed E-state index contributed by atoms with van der Waals surface area (Å²) < 4.78 is 0. The summed E-state index contributed by atoms with van der Waals surface area (Å²) in [6.45, 7) is 12.2. The van der Waals surface area contributed by atoms with E-state index in [1.165, 1.54) is 11.1 Å². The maximum absolute atomic E-state index is 12.8. The Bertz CT molecular complexity index is 723. The van der Waals surface area contributed by atoms with Gasteiger partial charge in [0.05, 0.1) is 0 Å². The zero-order chi connectivity index (χ0) is 18.7. The maximum Gasteiger partial charge on any atom is 0.253 e. The fraction of sp³-hybridized carbons (Fsp3) is 0.435. The Morgan fingerprint density at radius 2 is 1.46 bits per heavy atom. The second-order valence-electron chi connectivity index (χ2n) is 8.24. The first-order chi connectivity index (χ1) is 12.4. The van der Waals surface area contributed by atoms with Gasteiger partial charge >= 0.3 is 0 Å². The summed E-state index contributed by atoms with van der Waals surface area (Å²) >= 11 is 0. The molecule has 3 nitrogen and oxygen atoms in total. The topological polar surface area (TPSA) is 23.6 Å². The Morgan fingerprint density at radius 1 is 0.885 bits per heavy atom. The van der Waals surface area contributed by atoms with Crippen LogP contribution in [0.1, 0.15) is 55.2 Å². The molecule has 0 radical (unpaired) electrons. The van der Waals surface area contributed by atoms with Gasteiger partial charge in [-0.15, -0.1) is 0 Å². The van der Waals surface area contributed by atoms with Gasteiger partial charge in [-0.25, -0.2) is 0 Å². The molecule has 26 heavy (non-hydrogen) atoms. The summed E-state index contributed by atoms with van der Waals surface area (Å²) in [5.41, 5.74) is 3.50. The van der Waals surface area contributed by atoms with Crippen molar-refractivity contribution in [3.05, 3.63) is 71.3 Å². The van der Waals surface area contributed by atoms with Crippen LogP contribution in [0.15, 0.2) is 54.6 Å². The van der Waals surface area contributed by atoms with Crippen LogP contribution in [0.3, 0.4) is 0 Å². The van der Waals surface area contributed by atoms with Gasteiger partial charge in [-0.05, 0) is 35.6 Å². The van der Waals surface area contributed by atoms with Crippen molar-refractivity contribution < 1.29 is 4.79 Å². The van der Waals surface area contributed by atoms with Crippen molar-refractivity contribution in [3.63, 3.8) is 0 Å². The second-order valence-corrected chi connectivity index (χ2v) is 8.24. The van der Waals surface area contributed by atoms with Gasteiger partial charge in [-0.1, -0.05) is 63.2 Å². The molecule has 1 amide bonds. The molecule has 1 heterocycles. The molecule has 1 unspecified atom stereocenters. The summed E-state index contributed by atoms with van der Waals surface area (Å²) in [5, 5.41) is 0. The van der Waals surface area contributed by atoms with Crippen LogP contribution in [0.2, 0.25) is 0 Å². The molecule has 1 saturated heterocycles. The molecular formula is C23H30N2O. The molecule has 2 aromatic rings. The van der Waals surface area contributed by atoms with Crippen molar-refractivity contribution >= 4 is 5.91 Å². The zero-order valence-electron chi connectivity index (χ0n) is 16.4. The third-order valence-corrected chi connectivity index (χ3v) is 5.43. The Morgan fingerprint density at radius 3 is 2.00 bits per heavy atom. The van der Waals surface area contributed by atoms with Crippen LogP contribution < -0.4 is 0 Å². The maximum atomic E-state index is 12.8. The minimum atomic E-state index is 0.112.